The molecule has 0 atom stereocenters. The summed E-state index contributed by atoms with van der Waals surface area (Å²) in [6.07, 6.45) is 2.51. The maximum Gasteiger partial charge on any atom is 0.317 e. The van der Waals surface area contributed by atoms with Gasteiger partial charge in [-0.15, -0.1) is 6.58 Å². The lowest BCUT2D eigenvalue weighted by molar-refractivity contribution is -0.138. The average molecular weight is 242 g/mol. The molecule has 0 aliphatic carbocycles. The largest absolute Gasteiger partial charge is 0.480 e. The van der Waals surface area contributed by atoms with Gasteiger partial charge in [-0.2, -0.15) is 0 Å². The van der Waals surface area contributed by atoms with Crippen molar-refractivity contribution in [3.63, 3.8) is 0 Å². The van der Waals surface area contributed by atoms with Gasteiger partial charge in [-0.25, -0.2) is 0 Å². The number of carboxylic acid groups (broad SMARTS) is 1. The van der Waals surface area contributed by atoms with Gasteiger partial charge in [0.25, 0.3) is 0 Å². The van der Waals surface area contributed by atoms with Gasteiger partial charge < -0.3 is 10.4 Å². The molecule has 5 heteroatoms. The maximum absolute atomic E-state index is 11.5. The molecule has 0 radical (unpaired) electrons. The SMILES string of the molecule is C=CCN(CC(=O)O)CC(=O)NCCC(C)C. The number of hydrogen-bond donors (Lipinski definition) is 2. The predicted octanol–water partition coefficient (Wildman–Crippen LogP) is 0.721. The zero-order valence-electron chi connectivity index (χ0n) is 10.6. The van der Waals surface area contributed by atoms with Crippen LogP contribution in [0.15, 0.2) is 12.7 Å². The third-order valence-electron chi connectivity index (χ3n) is 2.16. The summed E-state index contributed by atoms with van der Waals surface area (Å²) in [4.78, 5) is 23.6. The molecule has 0 unspecified atom stereocenters. The molecule has 1 amide bonds. The lowest BCUT2D eigenvalue weighted by Crippen LogP contribution is -2.40. The van der Waals surface area contributed by atoms with Gasteiger partial charge in [0.15, 0.2) is 0 Å². The first-order valence-corrected chi connectivity index (χ1v) is 5.77. The number of hydrogen-bond acceptors (Lipinski definition) is 3. The van der Waals surface area contributed by atoms with E-state index in [0.717, 1.165) is 6.42 Å². The summed E-state index contributed by atoms with van der Waals surface area (Å²) in [5.41, 5.74) is 0. The van der Waals surface area contributed by atoms with Crippen LogP contribution in [0.25, 0.3) is 0 Å². The van der Waals surface area contributed by atoms with Gasteiger partial charge in [-0.1, -0.05) is 19.9 Å². The molecule has 17 heavy (non-hydrogen) atoms. The molecule has 0 fully saturated rings. The van der Waals surface area contributed by atoms with Crippen LogP contribution >= 0.6 is 0 Å². The molecule has 0 saturated carbocycles. The van der Waals surface area contributed by atoms with E-state index in [4.69, 9.17) is 5.11 Å². The third kappa shape index (κ3) is 9.56. The minimum absolute atomic E-state index is 0.0937. The minimum atomic E-state index is -0.943. The number of nitrogens with zero attached hydrogens (tertiary/aromatic N) is 1. The Labute approximate surface area is 102 Å². The van der Waals surface area contributed by atoms with E-state index >= 15 is 0 Å². The smallest absolute Gasteiger partial charge is 0.317 e. The van der Waals surface area contributed by atoms with Gasteiger partial charge in [-0.3, -0.25) is 14.5 Å². The summed E-state index contributed by atoms with van der Waals surface area (Å²) >= 11 is 0. The van der Waals surface area contributed by atoms with Crippen molar-refractivity contribution in [2.75, 3.05) is 26.2 Å². The van der Waals surface area contributed by atoms with Crippen LogP contribution in [0.5, 0.6) is 0 Å². The summed E-state index contributed by atoms with van der Waals surface area (Å²) in [6.45, 7) is 8.67. The number of rotatable bonds is 9. The van der Waals surface area contributed by atoms with Crippen LogP contribution in [0.4, 0.5) is 0 Å². The Morgan fingerprint density at radius 1 is 1.41 bits per heavy atom. The van der Waals surface area contributed by atoms with E-state index in [1.807, 2.05) is 0 Å². The normalized spacial score (nSPS) is 10.6. The summed E-state index contributed by atoms with van der Waals surface area (Å²) in [5.74, 6) is -0.547. The first-order valence-electron chi connectivity index (χ1n) is 5.77. The Kier molecular flexibility index (Phi) is 8.05. The van der Waals surface area contributed by atoms with Crippen LogP contribution in [0, 0.1) is 5.92 Å². The van der Waals surface area contributed by atoms with Crippen LogP contribution < -0.4 is 5.32 Å². The van der Waals surface area contributed by atoms with Crippen LogP contribution in [0.2, 0.25) is 0 Å². The van der Waals surface area contributed by atoms with E-state index in [0.29, 0.717) is 19.0 Å². The number of carboxylic acids is 1. The number of amides is 1. The Morgan fingerprint density at radius 3 is 2.53 bits per heavy atom. The van der Waals surface area contributed by atoms with E-state index in [1.54, 1.807) is 6.08 Å². The summed E-state index contributed by atoms with van der Waals surface area (Å²) in [5, 5.41) is 11.4. The van der Waals surface area contributed by atoms with Crippen molar-refractivity contribution in [1.82, 2.24) is 10.2 Å². The number of carbonyl (C=O) groups is 2. The van der Waals surface area contributed by atoms with E-state index < -0.39 is 5.97 Å². The number of carbonyl (C=O) groups excluding carboxylic acids is 1. The van der Waals surface area contributed by atoms with Gasteiger partial charge in [0.1, 0.15) is 0 Å². The zero-order chi connectivity index (χ0) is 13.3. The van der Waals surface area contributed by atoms with Crippen molar-refractivity contribution in [3.05, 3.63) is 12.7 Å². The molecular weight excluding hydrogens is 220 g/mol. The second-order valence-corrected chi connectivity index (χ2v) is 4.38. The fourth-order valence-electron chi connectivity index (χ4n) is 1.32. The quantitative estimate of drug-likeness (QED) is 0.585. The van der Waals surface area contributed by atoms with Gasteiger partial charge >= 0.3 is 5.97 Å². The highest BCUT2D eigenvalue weighted by Gasteiger charge is 2.12. The van der Waals surface area contributed by atoms with Crippen LogP contribution in [-0.2, 0) is 9.59 Å². The van der Waals surface area contributed by atoms with Crippen molar-refractivity contribution in [2.45, 2.75) is 20.3 Å². The van der Waals surface area contributed by atoms with Gasteiger partial charge in [0.2, 0.25) is 5.91 Å². The summed E-state index contributed by atoms with van der Waals surface area (Å²) in [6, 6.07) is 0. The third-order valence-corrected chi connectivity index (χ3v) is 2.16. The Hall–Kier alpha value is -1.36. The first-order chi connectivity index (χ1) is 7.95. The van der Waals surface area contributed by atoms with E-state index in [9.17, 15) is 9.59 Å². The van der Waals surface area contributed by atoms with E-state index in [2.05, 4.69) is 25.7 Å². The van der Waals surface area contributed by atoms with Gasteiger partial charge in [-0.05, 0) is 12.3 Å². The lowest BCUT2D eigenvalue weighted by Gasteiger charge is -2.17. The predicted molar refractivity (Wildman–Crippen MR) is 66.7 cm³/mol. The summed E-state index contributed by atoms with van der Waals surface area (Å²) in [7, 11) is 0. The number of aliphatic carboxylic acids is 1. The topological polar surface area (TPSA) is 69.6 Å². The van der Waals surface area contributed by atoms with Crippen molar-refractivity contribution in [3.8, 4) is 0 Å². The molecule has 0 aromatic rings. The van der Waals surface area contributed by atoms with Gasteiger partial charge in [0, 0.05) is 13.1 Å². The highest BCUT2D eigenvalue weighted by molar-refractivity contribution is 5.79. The Morgan fingerprint density at radius 2 is 2.06 bits per heavy atom. The number of nitrogens with one attached hydrogen (secondary N) is 1. The van der Waals surface area contributed by atoms with E-state index in [-0.39, 0.29) is 19.0 Å². The van der Waals surface area contributed by atoms with Crippen LogP contribution in [0.3, 0.4) is 0 Å². The average Bonchev–Trinajstić information content (AvgIpc) is 2.15. The molecule has 0 heterocycles. The zero-order valence-corrected chi connectivity index (χ0v) is 10.6. The molecule has 0 aliphatic rings. The molecule has 0 rings (SSSR count). The van der Waals surface area contributed by atoms with Crippen molar-refractivity contribution in [1.29, 1.82) is 0 Å². The van der Waals surface area contributed by atoms with Crippen LogP contribution in [0.1, 0.15) is 20.3 Å². The second kappa shape index (κ2) is 8.75. The molecule has 0 aliphatic heterocycles. The summed E-state index contributed by atoms with van der Waals surface area (Å²) < 4.78 is 0. The van der Waals surface area contributed by atoms with Crippen LogP contribution in [-0.4, -0.2) is 48.1 Å². The highest BCUT2D eigenvalue weighted by Crippen LogP contribution is 1.96. The maximum atomic E-state index is 11.5. The fourth-order valence-corrected chi connectivity index (χ4v) is 1.32. The Bertz CT molecular complexity index is 264. The highest BCUT2D eigenvalue weighted by atomic mass is 16.4. The van der Waals surface area contributed by atoms with Crippen molar-refractivity contribution in [2.24, 2.45) is 5.92 Å². The molecule has 0 aromatic heterocycles. The molecule has 0 bridgehead atoms. The molecule has 0 saturated heterocycles. The first kappa shape index (κ1) is 15.6. The molecule has 0 spiro atoms. The molecule has 98 valence electrons. The monoisotopic (exact) mass is 242 g/mol. The van der Waals surface area contributed by atoms with Crippen molar-refractivity contribution < 1.29 is 14.7 Å². The molecule has 0 aromatic carbocycles. The van der Waals surface area contributed by atoms with Gasteiger partial charge in [0.05, 0.1) is 13.1 Å². The second-order valence-electron chi connectivity index (χ2n) is 4.38. The molecule has 2 N–H and O–H groups in total. The fraction of sp³-hybridized carbons (Fsp3) is 0.667. The van der Waals surface area contributed by atoms with E-state index in [1.165, 1.54) is 4.90 Å². The lowest BCUT2D eigenvalue weighted by atomic mass is 10.1. The Balaban J connectivity index is 3.94. The minimum Gasteiger partial charge on any atom is -0.480 e. The molecule has 5 nitrogen and oxygen atoms in total. The van der Waals surface area contributed by atoms with Crippen molar-refractivity contribution >= 4 is 11.9 Å². The molecular formula is C12H22N2O3. The standard InChI is InChI=1S/C12H22N2O3/c1-4-7-14(9-12(16)17)8-11(15)13-6-5-10(2)3/h4,10H,1,5-9H2,2-3H3,(H,13,15)(H,16,17).